The molecule has 134 valence electrons. The molecule has 0 spiro atoms. The number of nitrogens with one attached hydrogen (secondary N) is 1. The molecule has 3 aromatic heterocycles. The highest BCUT2D eigenvalue weighted by molar-refractivity contribution is 7.13. The largest absolute Gasteiger partial charge is 0.345 e. The van der Waals surface area contributed by atoms with Gasteiger partial charge in [0.15, 0.2) is 5.82 Å². The Hall–Kier alpha value is -3.39. The number of carbonyl (C=O) groups is 1. The van der Waals surface area contributed by atoms with Gasteiger partial charge in [-0.15, -0.1) is 16.4 Å². The van der Waals surface area contributed by atoms with E-state index in [-0.39, 0.29) is 11.6 Å². The van der Waals surface area contributed by atoms with E-state index in [1.807, 2.05) is 23.6 Å². The smallest absolute Gasteiger partial charge is 0.291 e. The van der Waals surface area contributed by atoms with E-state index in [1.165, 1.54) is 23.5 Å². The van der Waals surface area contributed by atoms with Crippen molar-refractivity contribution in [1.82, 2.24) is 25.1 Å². The highest BCUT2D eigenvalue weighted by Gasteiger charge is 2.19. The van der Waals surface area contributed by atoms with E-state index >= 15 is 0 Å². The van der Waals surface area contributed by atoms with Crippen LogP contribution < -0.4 is 5.32 Å². The predicted molar refractivity (Wildman–Crippen MR) is 100 cm³/mol. The van der Waals surface area contributed by atoms with Gasteiger partial charge in [0.1, 0.15) is 5.82 Å². The molecule has 6 nitrogen and oxygen atoms in total. The Balaban J connectivity index is 1.64. The molecular formula is C19H14FN5OS. The van der Waals surface area contributed by atoms with Crippen LogP contribution in [0.2, 0.25) is 0 Å². The summed E-state index contributed by atoms with van der Waals surface area (Å²) in [6.45, 7) is 0.325. The molecule has 0 atom stereocenters. The first kappa shape index (κ1) is 17.0. The highest BCUT2D eigenvalue weighted by atomic mass is 32.1. The van der Waals surface area contributed by atoms with E-state index in [4.69, 9.17) is 0 Å². The van der Waals surface area contributed by atoms with Gasteiger partial charge in [-0.2, -0.15) is 0 Å². The molecule has 1 aromatic carbocycles. The normalized spacial score (nSPS) is 10.7. The summed E-state index contributed by atoms with van der Waals surface area (Å²) in [6, 6.07) is 13.3. The van der Waals surface area contributed by atoms with Crippen LogP contribution in [-0.2, 0) is 6.54 Å². The Morgan fingerprint density at radius 3 is 2.70 bits per heavy atom. The number of nitrogens with zero attached hydrogens (tertiary/aromatic N) is 4. The van der Waals surface area contributed by atoms with Gasteiger partial charge in [-0.25, -0.2) is 14.1 Å². The maximum absolute atomic E-state index is 13.3. The standard InChI is InChI=1S/C19H14FN5OS/c20-14-5-7-15(8-6-14)25-18(16-4-2-10-27-16)23-17(24-25)19(26)22-12-13-3-1-9-21-11-13/h1-11H,12H2,(H,22,26). The van der Waals surface area contributed by atoms with Crippen LogP contribution in [0.4, 0.5) is 4.39 Å². The van der Waals surface area contributed by atoms with Crippen LogP contribution in [0.15, 0.2) is 66.3 Å². The molecule has 27 heavy (non-hydrogen) atoms. The molecule has 0 saturated carbocycles. The Morgan fingerprint density at radius 2 is 2.00 bits per heavy atom. The minimum atomic E-state index is -0.391. The fourth-order valence-corrected chi connectivity index (χ4v) is 3.20. The fraction of sp³-hybridized carbons (Fsp3) is 0.0526. The zero-order chi connectivity index (χ0) is 18.6. The average Bonchev–Trinajstić information content (AvgIpc) is 3.37. The second kappa shape index (κ2) is 7.46. The molecule has 4 rings (SSSR count). The van der Waals surface area contributed by atoms with Gasteiger partial charge in [0.05, 0.1) is 10.6 Å². The number of thiophene rings is 1. The van der Waals surface area contributed by atoms with Crippen molar-refractivity contribution in [2.45, 2.75) is 6.54 Å². The van der Waals surface area contributed by atoms with Crippen molar-refractivity contribution in [3.8, 4) is 16.4 Å². The molecule has 0 fully saturated rings. The van der Waals surface area contributed by atoms with Gasteiger partial charge in [0.2, 0.25) is 5.82 Å². The number of pyridine rings is 1. The third kappa shape index (κ3) is 3.75. The fourth-order valence-electron chi connectivity index (χ4n) is 2.50. The van der Waals surface area contributed by atoms with E-state index in [9.17, 15) is 9.18 Å². The Bertz CT molecular complexity index is 1050. The van der Waals surface area contributed by atoms with Crippen LogP contribution in [0.5, 0.6) is 0 Å². The molecule has 0 unspecified atom stereocenters. The molecule has 0 aliphatic heterocycles. The van der Waals surface area contributed by atoms with Crippen molar-refractivity contribution in [3.05, 3.63) is 83.5 Å². The van der Waals surface area contributed by atoms with Crippen molar-refractivity contribution in [2.75, 3.05) is 0 Å². The van der Waals surface area contributed by atoms with Gasteiger partial charge in [-0.1, -0.05) is 12.1 Å². The Morgan fingerprint density at radius 1 is 1.15 bits per heavy atom. The monoisotopic (exact) mass is 379 g/mol. The van der Waals surface area contributed by atoms with Gasteiger partial charge < -0.3 is 5.32 Å². The maximum Gasteiger partial charge on any atom is 0.291 e. The van der Waals surface area contributed by atoms with E-state index in [2.05, 4.69) is 20.4 Å². The van der Waals surface area contributed by atoms with Crippen LogP contribution in [-0.4, -0.2) is 25.7 Å². The number of halogens is 1. The summed E-state index contributed by atoms with van der Waals surface area (Å²) in [4.78, 5) is 21.8. The summed E-state index contributed by atoms with van der Waals surface area (Å²) < 4.78 is 14.8. The van der Waals surface area contributed by atoms with Crippen LogP contribution in [0.1, 0.15) is 16.2 Å². The first-order chi connectivity index (χ1) is 13.2. The molecule has 4 aromatic rings. The lowest BCUT2D eigenvalue weighted by Gasteiger charge is -2.04. The van der Waals surface area contributed by atoms with Crippen molar-refractivity contribution in [3.63, 3.8) is 0 Å². The summed E-state index contributed by atoms with van der Waals surface area (Å²) in [5.41, 5.74) is 1.50. The highest BCUT2D eigenvalue weighted by Crippen LogP contribution is 2.25. The Labute approximate surface area is 158 Å². The van der Waals surface area contributed by atoms with Gasteiger partial charge in [-0.3, -0.25) is 9.78 Å². The molecule has 1 N–H and O–H groups in total. The summed E-state index contributed by atoms with van der Waals surface area (Å²) >= 11 is 1.49. The van der Waals surface area contributed by atoms with Crippen LogP contribution in [0.25, 0.3) is 16.4 Å². The number of aromatic nitrogens is 4. The Kier molecular flexibility index (Phi) is 4.71. The lowest BCUT2D eigenvalue weighted by molar-refractivity contribution is 0.0940. The van der Waals surface area contributed by atoms with Crippen molar-refractivity contribution < 1.29 is 9.18 Å². The predicted octanol–water partition coefficient (Wildman–Crippen LogP) is 3.46. The third-order valence-electron chi connectivity index (χ3n) is 3.80. The summed E-state index contributed by atoms with van der Waals surface area (Å²) in [5, 5.41) is 9.05. The number of hydrogen-bond acceptors (Lipinski definition) is 5. The van der Waals surface area contributed by atoms with E-state index in [1.54, 1.807) is 35.3 Å². The first-order valence-corrected chi connectivity index (χ1v) is 9.02. The third-order valence-corrected chi connectivity index (χ3v) is 4.66. The van der Waals surface area contributed by atoms with E-state index in [0.29, 0.717) is 18.1 Å². The van der Waals surface area contributed by atoms with Gasteiger partial charge in [0, 0.05) is 18.9 Å². The van der Waals surface area contributed by atoms with E-state index < -0.39 is 5.91 Å². The molecule has 0 aliphatic rings. The van der Waals surface area contributed by atoms with Crippen molar-refractivity contribution >= 4 is 17.2 Å². The zero-order valence-electron chi connectivity index (χ0n) is 14.0. The van der Waals surface area contributed by atoms with Gasteiger partial charge in [0.25, 0.3) is 5.91 Å². The lowest BCUT2D eigenvalue weighted by Crippen LogP contribution is -2.24. The summed E-state index contributed by atoms with van der Waals surface area (Å²) in [6.07, 6.45) is 3.35. The minimum Gasteiger partial charge on any atom is -0.345 e. The molecular weight excluding hydrogens is 365 g/mol. The molecule has 0 aliphatic carbocycles. The van der Waals surface area contributed by atoms with Crippen LogP contribution >= 0.6 is 11.3 Å². The second-order valence-corrected chi connectivity index (χ2v) is 6.62. The molecule has 0 bridgehead atoms. The number of hydrogen-bond donors (Lipinski definition) is 1. The molecule has 3 heterocycles. The molecule has 0 radical (unpaired) electrons. The van der Waals surface area contributed by atoms with Crippen LogP contribution in [0, 0.1) is 5.82 Å². The second-order valence-electron chi connectivity index (χ2n) is 5.67. The molecule has 8 heteroatoms. The number of benzene rings is 1. The summed E-state index contributed by atoms with van der Waals surface area (Å²) in [5.74, 6) is -0.154. The van der Waals surface area contributed by atoms with Gasteiger partial charge >= 0.3 is 0 Å². The quantitative estimate of drug-likeness (QED) is 0.576. The molecule has 1 amide bonds. The van der Waals surface area contributed by atoms with Gasteiger partial charge in [-0.05, 0) is 47.3 Å². The number of carbonyl (C=O) groups excluding carboxylic acids is 1. The van der Waals surface area contributed by atoms with E-state index in [0.717, 1.165) is 10.4 Å². The number of amides is 1. The zero-order valence-corrected chi connectivity index (χ0v) is 14.9. The lowest BCUT2D eigenvalue weighted by atomic mass is 10.3. The van der Waals surface area contributed by atoms with Crippen LogP contribution in [0.3, 0.4) is 0 Å². The topological polar surface area (TPSA) is 72.7 Å². The molecule has 0 saturated heterocycles. The number of rotatable bonds is 5. The SMILES string of the molecule is O=C(NCc1cccnc1)c1nc(-c2cccs2)n(-c2ccc(F)cc2)n1. The average molecular weight is 379 g/mol. The first-order valence-electron chi connectivity index (χ1n) is 8.15. The maximum atomic E-state index is 13.3. The van der Waals surface area contributed by atoms with Crippen molar-refractivity contribution in [1.29, 1.82) is 0 Å². The minimum absolute atomic E-state index is 0.0478. The summed E-state index contributed by atoms with van der Waals surface area (Å²) in [7, 11) is 0. The van der Waals surface area contributed by atoms with Crippen molar-refractivity contribution in [2.24, 2.45) is 0 Å².